The normalized spacial score (nSPS) is 11.8. The van der Waals surface area contributed by atoms with E-state index in [1.807, 2.05) is 37.4 Å². The van der Waals surface area contributed by atoms with Crippen LogP contribution in [0.3, 0.4) is 0 Å². The Morgan fingerprint density at radius 1 is 1.06 bits per heavy atom. The molecule has 0 saturated heterocycles. The number of nitrogens with zero attached hydrogens (tertiary/aromatic N) is 4. The lowest BCUT2D eigenvalue weighted by Gasteiger charge is -2.26. The highest BCUT2D eigenvalue weighted by molar-refractivity contribution is 7.89. The predicted octanol–water partition coefficient (Wildman–Crippen LogP) is 4.29. The Morgan fingerprint density at radius 2 is 1.81 bits per heavy atom. The molecule has 0 saturated carbocycles. The Labute approximate surface area is 187 Å². The molecule has 0 unspecified atom stereocenters. The third-order valence-corrected chi connectivity index (χ3v) is 7.97. The zero-order valence-corrected chi connectivity index (χ0v) is 20.0. The number of hydrogen-bond donors (Lipinski definition) is 1. The van der Waals surface area contributed by atoms with Gasteiger partial charge in [0.15, 0.2) is 0 Å². The van der Waals surface area contributed by atoms with E-state index in [9.17, 15) is 8.42 Å². The Bertz CT molecular complexity index is 1070. The molecule has 0 amide bonds. The first-order chi connectivity index (χ1) is 14.9. The Kier molecular flexibility index (Phi) is 7.69. The van der Waals surface area contributed by atoms with Crippen LogP contribution in [0.1, 0.15) is 33.6 Å². The first kappa shape index (κ1) is 23.2. The van der Waals surface area contributed by atoms with Crippen LogP contribution in [0.25, 0.3) is 10.7 Å². The standard InChI is InChI=1S/C21H29N5O3S2/c1-5-25(6-2)18-12-11-16(31(27,28)26(7-3)8-4)14-17(18)22-15-20-23-21(24-29-20)19-10-9-13-30-19/h9-14,22H,5-8,15H2,1-4H3. The second-order valence-electron chi connectivity index (χ2n) is 6.78. The molecule has 31 heavy (non-hydrogen) atoms. The summed E-state index contributed by atoms with van der Waals surface area (Å²) in [5.41, 5.74) is 1.65. The summed E-state index contributed by atoms with van der Waals surface area (Å²) < 4.78 is 32.9. The van der Waals surface area contributed by atoms with Gasteiger partial charge in [0.25, 0.3) is 0 Å². The fraction of sp³-hybridized carbons (Fsp3) is 0.429. The summed E-state index contributed by atoms with van der Waals surface area (Å²) in [5, 5.41) is 9.30. The van der Waals surface area contributed by atoms with E-state index in [2.05, 4.69) is 34.2 Å². The van der Waals surface area contributed by atoms with E-state index in [0.717, 1.165) is 23.7 Å². The van der Waals surface area contributed by atoms with Gasteiger partial charge in [-0.15, -0.1) is 11.3 Å². The summed E-state index contributed by atoms with van der Waals surface area (Å²) in [6, 6.07) is 9.10. The molecule has 3 aromatic rings. The Hall–Kier alpha value is -2.43. The van der Waals surface area contributed by atoms with Gasteiger partial charge in [0, 0.05) is 26.2 Å². The maximum atomic E-state index is 13.0. The molecule has 0 radical (unpaired) electrons. The molecule has 0 atom stereocenters. The average Bonchev–Trinajstić information content (AvgIpc) is 3.46. The monoisotopic (exact) mass is 463 g/mol. The molecular formula is C21H29N5O3S2. The van der Waals surface area contributed by atoms with Crippen molar-refractivity contribution in [3.63, 3.8) is 0 Å². The summed E-state index contributed by atoms with van der Waals surface area (Å²) in [4.78, 5) is 7.81. The van der Waals surface area contributed by atoms with E-state index >= 15 is 0 Å². The zero-order chi connectivity index (χ0) is 22.4. The zero-order valence-electron chi connectivity index (χ0n) is 18.3. The smallest absolute Gasteiger partial charge is 0.246 e. The van der Waals surface area contributed by atoms with Gasteiger partial charge in [-0.3, -0.25) is 0 Å². The number of thiophene rings is 1. The van der Waals surface area contributed by atoms with Gasteiger partial charge in [-0.05, 0) is 43.5 Å². The van der Waals surface area contributed by atoms with Gasteiger partial charge in [-0.2, -0.15) is 9.29 Å². The van der Waals surface area contributed by atoms with Crippen LogP contribution >= 0.6 is 11.3 Å². The molecule has 0 fully saturated rings. The summed E-state index contributed by atoms with van der Waals surface area (Å²) >= 11 is 1.54. The molecule has 2 aromatic heterocycles. The number of aromatic nitrogens is 2. The molecule has 0 aliphatic carbocycles. The van der Waals surface area contributed by atoms with Crippen LogP contribution in [0.5, 0.6) is 0 Å². The van der Waals surface area contributed by atoms with Crippen LogP contribution in [0.15, 0.2) is 45.1 Å². The molecule has 2 heterocycles. The van der Waals surface area contributed by atoms with Gasteiger partial charge >= 0.3 is 0 Å². The molecule has 3 rings (SSSR count). The van der Waals surface area contributed by atoms with Crippen molar-refractivity contribution in [2.45, 2.75) is 39.1 Å². The summed E-state index contributed by atoms with van der Waals surface area (Å²) in [6.45, 7) is 10.6. The fourth-order valence-corrected chi connectivity index (χ4v) is 5.51. The van der Waals surface area contributed by atoms with Crippen molar-refractivity contribution < 1.29 is 12.9 Å². The molecule has 1 aromatic carbocycles. The number of sulfonamides is 1. The summed E-state index contributed by atoms with van der Waals surface area (Å²) in [6.07, 6.45) is 0. The number of hydrogen-bond acceptors (Lipinski definition) is 8. The van der Waals surface area contributed by atoms with Crippen LogP contribution in [-0.2, 0) is 16.6 Å². The van der Waals surface area contributed by atoms with Crippen LogP contribution in [0.4, 0.5) is 11.4 Å². The minimum atomic E-state index is -3.56. The fourth-order valence-electron chi connectivity index (χ4n) is 3.37. The van der Waals surface area contributed by atoms with Crippen molar-refractivity contribution in [3.8, 4) is 10.7 Å². The summed E-state index contributed by atoms with van der Waals surface area (Å²) in [5.74, 6) is 0.986. The summed E-state index contributed by atoms with van der Waals surface area (Å²) in [7, 11) is -3.56. The number of rotatable bonds is 11. The third-order valence-electron chi connectivity index (χ3n) is 5.06. The first-order valence-corrected chi connectivity index (χ1v) is 12.8. The first-order valence-electron chi connectivity index (χ1n) is 10.4. The van der Waals surface area contributed by atoms with Crippen LogP contribution in [0, 0.1) is 0 Å². The molecule has 0 spiro atoms. The Morgan fingerprint density at radius 3 is 2.42 bits per heavy atom. The lowest BCUT2D eigenvalue weighted by molar-refractivity contribution is 0.384. The van der Waals surface area contributed by atoms with Gasteiger partial charge in [-0.25, -0.2) is 8.42 Å². The molecule has 0 aliphatic rings. The largest absolute Gasteiger partial charge is 0.374 e. The number of anilines is 2. The van der Waals surface area contributed by atoms with E-state index in [0.29, 0.717) is 37.0 Å². The van der Waals surface area contributed by atoms with Crippen molar-refractivity contribution in [3.05, 3.63) is 41.6 Å². The molecule has 0 bridgehead atoms. The van der Waals surface area contributed by atoms with E-state index in [1.165, 1.54) is 4.31 Å². The Balaban J connectivity index is 1.90. The topological polar surface area (TPSA) is 91.6 Å². The highest BCUT2D eigenvalue weighted by Gasteiger charge is 2.23. The average molecular weight is 464 g/mol. The van der Waals surface area contributed by atoms with E-state index < -0.39 is 10.0 Å². The van der Waals surface area contributed by atoms with E-state index in [-0.39, 0.29) is 4.90 Å². The minimum Gasteiger partial charge on any atom is -0.374 e. The maximum absolute atomic E-state index is 13.0. The quantitative estimate of drug-likeness (QED) is 0.454. The van der Waals surface area contributed by atoms with Crippen molar-refractivity contribution in [2.24, 2.45) is 0 Å². The van der Waals surface area contributed by atoms with Crippen LogP contribution < -0.4 is 10.2 Å². The van der Waals surface area contributed by atoms with Crippen molar-refractivity contribution in [2.75, 3.05) is 36.4 Å². The molecule has 8 nitrogen and oxygen atoms in total. The second kappa shape index (κ2) is 10.3. The van der Waals surface area contributed by atoms with Crippen LogP contribution in [0.2, 0.25) is 0 Å². The van der Waals surface area contributed by atoms with Gasteiger partial charge in [0.05, 0.1) is 27.7 Å². The molecule has 10 heteroatoms. The molecule has 0 aliphatic heterocycles. The third kappa shape index (κ3) is 5.08. The molecule has 168 valence electrons. The second-order valence-corrected chi connectivity index (χ2v) is 9.67. The predicted molar refractivity (Wildman–Crippen MR) is 125 cm³/mol. The molecule has 1 N–H and O–H groups in total. The number of nitrogens with one attached hydrogen (secondary N) is 1. The van der Waals surface area contributed by atoms with Crippen molar-refractivity contribution in [1.29, 1.82) is 0 Å². The maximum Gasteiger partial charge on any atom is 0.246 e. The van der Waals surface area contributed by atoms with E-state index in [4.69, 9.17) is 4.52 Å². The minimum absolute atomic E-state index is 0.263. The number of benzene rings is 1. The van der Waals surface area contributed by atoms with Crippen LogP contribution in [-0.4, -0.2) is 49.0 Å². The van der Waals surface area contributed by atoms with Gasteiger partial charge in [0.2, 0.25) is 21.7 Å². The highest BCUT2D eigenvalue weighted by atomic mass is 32.2. The SMILES string of the molecule is CCN(CC)c1ccc(S(=O)(=O)N(CC)CC)cc1NCc1nc(-c2cccs2)no1. The highest BCUT2D eigenvalue weighted by Crippen LogP contribution is 2.31. The van der Waals surface area contributed by atoms with E-state index in [1.54, 1.807) is 23.5 Å². The van der Waals surface area contributed by atoms with Crippen molar-refractivity contribution >= 4 is 32.7 Å². The van der Waals surface area contributed by atoms with Gasteiger partial charge in [-0.1, -0.05) is 25.1 Å². The molecular weight excluding hydrogens is 434 g/mol. The van der Waals surface area contributed by atoms with Gasteiger partial charge in [0.1, 0.15) is 0 Å². The lowest BCUT2D eigenvalue weighted by atomic mass is 10.2. The van der Waals surface area contributed by atoms with Crippen molar-refractivity contribution in [1.82, 2.24) is 14.4 Å². The lowest BCUT2D eigenvalue weighted by Crippen LogP contribution is -2.31. The van der Waals surface area contributed by atoms with Gasteiger partial charge < -0.3 is 14.7 Å².